The van der Waals surface area contributed by atoms with Crippen molar-refractivity contribution < 1.29 is 14.6 Å². The summed E-state index contributed by atoms with van der Waals surface area (Å²) in [7, 11) is 0. The Kier molecular flexibility index (Phi) is 3.36. The number of fused-ring (bicyclic) bond motifs is 1. The highest BCUT2D eigenvalue weighted by atomic mass is 16.6. The van der Waals surface area contributed by atoms with Gasteiger partial charge in [0.25, 0.3) is 0 Å². The van der Waals surface area contributed by atoms with Crippen LogP contribution in [0.15, 0.2) is 0 Å². The van der Waals surface area contributed by atoms with E-state index in [1.165, 1.54) is 4.68 Å². The first-order valence-corrected chi connectivity index (χ1v) is 5.89. The summed E-state index contributed by atoms with van der Waals surface area (Å²) in [5.74, 6) is 0.619. The fraction of sp³-hybridized carbons (Fsp3) is 0.727. The van der Waals surface area contributed by atoms with Gasteiger partial charge in [0.05, 0.1) is 6.54 Å². The van der Waals surface area contributed by atoms with Crippen molar-refractivity contribution in [2.45, 2.75) is 45.6 Å². The van der Waals surface area contributed by atoms with E-state index >= 15 is 0 Å². The van der Waals surface area contributed by atoms with Crippen molar-refractivity contribution >= 4 is 5.97 Å². The zero-order valence-corrected chi connectivity index (χ0v) is 10.8. The highest BCUT2D eigenvalue weighted by molar-refractivity contribution is 5.75. The molecule has 0 spiro atoms. The Labute approximate surface area is 105 Å². The third-order valence-electron chi connectivity index (χ3n) is 2.48. The number of hydrogen-bond donors (Lipinski definition) is 2. The lowest BCUT2D eigenvalue weighted by Crippen LogP contribution is -2.41. The quantitative estimate of drug-likeness (QED) is 0.708. The molecule has 0 saturated carbocycles. The fourth-order valence-corrected chi connectivity index (χ4v) is 1.80. The molecule has 1 aliphatic heterocycles. The van der Waals surface area contributed by atoms with E-state index in [1.54, 1.807) is 0 Å². The van der Waals surface area contributed by atoms with E-state index in [2.05, 4.69) is 15.4 Å². The molecule has 1 atom stereocenters. The van der Waals surface area contributed by atoms with Crippen LogP contribution >= 0.6 is 0 Å². The van der Waals surface area contributed by atoms with Crippen LogP contribution in [0, 0.1) is 0 Å². The van der Waals surface area contributed by atoms with Gasteiger partial charge in [0.1, 0.15) is 18.0 Å². The van der Waals surface area contributed by atoms with Crippen LogP contribution in [0.4, 0.5) is 0 Å². The van der Waals surface area contributed by atoms with Gasteiger partial charge < -0.3 is 15.2 Å². The predicted molar refractivity (Wildman–Crippen MR) is 62.5 cm³/mol. The van der Waals surface area contributed by atoms with Crippen molar-refractivity contribution in [2.75, 3.05) is 6.54 Å². The first-order chi connectivity index (χ1) is 8.40. The topological polar surface area (TPSA) is 89.3 Å². The molecule has 0 aromatic carbocycles. The lowest BCUT2D eigenvalue weighted by atomic mass is 10.2. The molecule has 0 amide bonds. The zero-order chi connectivity index (χ0) is 13.3. The number of aromatic nitrogens is 3. The Balaban J connectivity index is 2.21. The summed E-state index contributed by atoms with van der Waals surface area (Å²) in [6.07, 6.45) is 0. The summed E-state index contributed by atoms with van der Waals surface area (Å²) >= 11 is 0. The lowest BCUT2D eigenvalue weighted by molar-refractivity contribution is -0.159. The van der Waals surface area contributed by atoms with Crippen LogP contribution in [0.1, 0.15) is 38.5 Å². The lowest BCUT2D eigenvalue weighted by Gasteiger charge is -2.27. The maximum Gasteiger partial charge on any atom is 0.332 e. The normalized spacial score (nSPS) is 19.4. The van der Waals surface area contributed by atoms with E-state index in [0.29, 0.717) is 24.7 Å². The van der Waals surface area contributed by atoms with Gasteiger partial charge in [-0.2, -0.15) is 5.10 Å². The summed E-state index contributed by atoms with van der Waals surface area (Å²) in [5, 5.41) is 16.2. The smallest absolute Gasteiger partial charge is 0.332 e. The van der Waals surface area contributed by atoms with Crippen LogP contribution in [0.2, 0.25) is 0 Å². The second-order valence-corrected chi connectivity index (χ2v) is 5.23. The molecule has 0 bridgehead atoms. The van der Waals surface area contributed by atoms with E-state index < -0.39 is 11.6 Å². The molecule has 100 valence electrons. The Bertz CT molecular complexity index is 450. The van der Waals surface area contributed by atoms with E-state index in [1.807, 2.05) is 20.8 Å². The van der Waals surface area contributed by atoms with Crippen molar-refractivity contribution in [1.29, 1.82) is 0 Å². The van der Waals surface area contributed by atoms with Crippen molar-refractivity contribution in [3.8, 4) is 0 Å². The number of aliphatic hydroxyl groups is 1. The van der Waals surface area contributed by atoms with Crippen LogP contribution in [0.3, 0.4) is 0 Å². The summed E-state index contributed by atoms with van der Waals surface area (Å²) in [4.78, 5) is 16.2. The van der Waals surface area contributed by atoms with Gasteiger partial charge >= 0.3 is 5.97 Å². The number of carbonyl (C=O) groups excluding carboxylic acids is 1. The fourth-order valence-electron chi connectivity index (χ4n) is 1.80. The molecular formula is C11H18N4O3. The number of aliphatic hydroxyl groups excluding tert-OH is 1. The summed E-state index contributed by atoms with van der Waals surface area (Å²) < 4.78 is 6.88. The Hall–Kier alpha value is -1.47. The van der Waals surface area contributed by atoms with E-state index in [4.69, 9.17) is 9.84 Å². The summed E-state index contributed by atoms with van der Waals surface area (Å²) in [6.45, 7) is 6.22. The molecule has 2 rings (SSSR count). The van der Waals surface area contributed by atoms with Crippen LogP contribution in [0.5, 0.6) is 0 Å². The summed E-state index contributed by atoms with van der Waals surface area (Å²) in [6, 6.07) is -0.527. The van der Waals surface area contributed by atoms with Gasteiger partial charge in [0.15, 0.2) is 11.9 Å². The highest BCUT2D eigenvalue weighted by Crippen LogP contribution is 2.18. The van der Waals surface area contributed by atoms with Gasteiger partial charge in [-0.1, -0.05) is 0 Å². The van der Waals surface area contributed by atoms with Gasteiger partial charge in [-0.3, -0.25) is 0 Å². The third kappa shape index (κ3) is 2.68. The Morgan fingerprint density at radius 3 is 2.94 bits per heavy atom. The molecule has 2 N–H and O–H groups in total. The van der Waals surface area contributed by atoms with E-state index in [0.717, 1.165) is 0 Å². The molecule has 18 heavy (non-hydrogen) atoms. The van der Waals surface area contributed by atoms with Gasteiger partial charge in [-0.25, -0.2) is 14.5 Å². The minimum atomic E-state index is -0.533. The standard InChI is InChI=1S/C11H18N4O3/c1-11(2,3)18-10(17)7-4-12-5-9-13-8(6-16)14-15(7)9/h7,12,16H,4-6H2,1-3H3. The van der Waals surface area contributed by atoms with Gasteiger partial charge in [0, 0.05) is 6.54 Å². The molecule has 2 heterocycles. The second kappa shape index (κ2) is 4.66. The number of esters is 1. The number of hydrogen-bond acceptors (Lipinski definition) is 6. The summed E-state index contributed by atoms with van der Waals surface area (Å²) in [5.41, 5.74) is -0.533. The first kappa shape index (κ1) is 13.0. The largest absolute Gasteiger partial charge is 0.458 e. The van der Waals surface area contributed by atoms with E-state index in [9.17, 15) is 4.79 Å². The molecule has 1 aromatic heterocycles. The molecule has 1 unspecified atom stereocenters. The molecular weight excluding hydrogens is 236 g/mol. The van der Waals surface area contributed by atoms with Crippen molar-refractivity contribution in [3.05, 3.63) is 11.6 Å². The molecule has 0 aliphatic carbocycles. The number of nitrogens with one attached hydrogen (secondary N) is 1. The Morgan fingerprint density at radius 1 is 1.61 bits per heavy atom. The molecule has 1 aromatic rings. The van der Waals surface area contributed by atoms with Gasteiger partial charge in [-0.15, -0.1) is 0 Å². The van der Waals surface area contributed by atoms with E-state index in [-0.39, 0.29) is 12.6 Å². The highest BCUT2D eigenvalue weighted by Gasteiger charge is 2.32. The third-order valence-corrected chi connectivity index (χ3v) is 2.48. The molecule has 7 nitrogen and oxygen atoms in total. The van der Waals surface area contributed by atoms with Crippen LogP contribution < -0.4 is 5.32 Å². The molecule has 0 saturated heterocycles. The monoisotopic (exact) mass is 254 g/mol. The van der Waals surface area contributed by atoms with Crippen LogP contribution in [0.25, 0.3) is 0 Å². The van der Waals surface area contributed by atoms with Crippen molar-refractivity contribution in [3.63, 3.8) is 0 Å². The first-order valence-electron chi connectivity index (χ1n) is 5.89. The van der Waals surface area contributed by atoms with Gasteiger partial charge in [-0.05, 0) is 20.8 Å². The maximum atomic E-state index is 12.1. The molecule has 0 radical (unpaired) electrons. The van der Waals surface area contributed by atoms with Crippen LogP contribution in [-0.4, -0.2) is 38.0 Å². The molecule has 1 aliphatic rings. The minimum absolute atomic E-state index is 0.235. The number of nitrogens with zero attached hydrogens (tertiary/aromatic N) is 3. The maximum absolute atomic E-state index is 12.1. The number of rotatable bonds is 2. The minimum Gasteiger partial charge on any atom is -0.458 e. The predicted octanol–water partition coefficient (Wildman–Crippen LogP) is -0.244. The van der Waals surface area contributed by atoms with Gasteiger partial charge in [0.2, 0.25) is 0 Å². The number of ether oxygens (including phenoxy) is 1. The van der Waals surface area contributed by atoms with Crippen LogP contribution in [-0.2, 0) is 22.7 Å². The number of carbonyl (C=O) groups is 1. The SMILES string of the molecule is CC(C)(C)OC(=O)C1CNCc2nc(CO)nn21. The average Bonchev–Trinajstić information content (AvgIpc) is 2.68. The van der Waals surface area contributed by atoms with Crippen molar-refractivity contribution in [2.24, 2.45) is 0 Å². The second-order valence-electron chi connectivity index (χ2n) is 5.23. The molecule has 7 heteroatoms. The molecule has 0 fully saturated rings. The zero-order valence-electron chi connectivity index (χ0n) is 10.8. The average molecular weight is 254 g/mol. The Morgan fingerprint density at radius 2 is 2.33 bits per heavy atom. The van der Waals surface area contributed by atoms with Crippen molar-refractivity contribution in [1.82, 2.24) is 20.1 Å².